The maximum Gasteiger partial charge on any atom is 0.330 e. The van der Waals surface area contributed by atoms with Gasteiger partial charge in [-0.1, -0.05) is 30.3 Å². The summed E-state index contributed by atoms with van der Waals surface area (Å²) in [7, 11) is 1.61. The molecule has 0 aliphatic rings. The van der Waals surface area contributed by atoms with Crippen molar-refractivity contribution >= 4 is 11.5 Å². The summed E-state index contributed by atoms with van der Waals surface area (Å²) in [6, 6.07) is 9.44. The molecule has 0 atom stereocenters. The van der Waals surface area contributed by atoms with Crippen molar-refractivity contribution in [2.45, 2.75) is 13.0 Å². The van der Waals surface area contributed by atoms with Crippen LogP contribution in [0.4, 0.5) is 11.5 Å². The lowest BCUT2D eigenvalue weighted by atomic mass is 10.2. The largest absolute Gasteiger partial charge is 0.385 e. The Balaban J connectivity index is 2.26. The van der Waals surface area contributed by atoms with Gasteiger partial charge in [-0.25, -0.2) is 4.79 Å². The molecule has 0 aliphatic carbocycles. The van der Waals surface area contributed by atoms with Crippen molar-refractivity contribution in [1.82, 2.24) is 9.55 Å². The average molecular weight is 304 g/mol. The summed E-state index contributed by atoms with van der Waals surface area (Å²) in [4.78, 5) is 26.1. The Morgan fingerprint density at radius 3 is 2.68 bits per heavy atom. The Morgan fingerprint density at radius 2 is 2.00 bits per heavy atom. The summed E-state index contributed by atoms with van der Waals surface area (Å²) < 4.78 is 6.29. The van der Waals surface area contributed by atoms with Crippen molar-refractivity contribution < 1.29 is 4.74 Å². The molecule has 0 aliphatic heterocycles. The quantitative estimate of drug-likeness (QED) is 0.651. The fraction of sp³-hybridized carbons (Fsp3) is 0.333. The van der Waals surface area contributed by atoms with E-state index in [9.17, 15) is 9.59 Å². The normalized spacial score (nSPS) is 10.6. The van der Waals surface area contributed by atoms with Crippen molar-refractivity contribution in [3.05, 3.63) is 56.7 Å². The van der Waals surface area contributed by atoms with Gasteiger partial charge in [0.05, 0.1) is 6.54 Å². The molecule has 7 heteroatoms. The highest BCUT2D eigenvalue weighted by Crippen LogP contribution is 2.12. The van der Waals surface area contributed by atoms with E-state index < -0.39 is 11.2 Å². The third-order valence-electron chi connectivity index (χ3n) is 3.25. The number of anilines is 2. The number of hydrogen-bond donors (Lipinski definition) is 3. The van der Waals surface area contributed by atoms with Gasteiger partial charge in [-0.2, -0.15) is 0 Å². The lowest BCUT2D eigenvalue weighted by Gasteiger charge is -2.14. The first-order valence-electron chi connectivity index (χ1n) is 7.03. The molecule has 0 fully saturated rings. The van der Waals surface area contributed by atoms with E-state index in [2.05, 4.69) is 10.3 Å². The molecule has 0 amide bonds. The second kappa shape index (κ2) is 7.46. The summed E-state index contributed by atoms with van der Waals surface area (Å²) in [6.07, 6.45) is 0.729. The van der Waals surface area contributed by atoms with Crippen molar-refractivity contribution in [2.75, 3.05) is 31.3 Å². The molecule has 0 bridgehead atoms. The number of hydrogen-bond acceptors (Lipinski definition) is 5. The molecule has 4 N–H and O–H groups in total. The zero-order valence-electron chi connectivity index (χ0n) is 12.5. The van der Waals surface area contributed by atoms with Gasteiger partial charge in [0.25, 0.3) is 5.56 Å². The minimum Gasteiger partial charge on any atom is -0.385 e. The number of H-pyrrole nitrogens is 1. The summed E-state index contributed by atoms with van der Waals surface area (Å²) in [5, 5.41) is 2.96. The van der Waals surface area contributed by atoms with Crippen LogP contribution in [0, 0.1) is 0 Å². The van der Waals surface area contributed by atoms with Crippen molar-refractivity contribution in [1.29, 1.82) is 0 Å². The molecule has 0 spiro atoms. The van der Waals surface area contributed by atoms with Crippen molar-refractivity contribution in [2.24, 2.45) is 0 Å². The molecule has 0 radical (unpaired) electrons. The molecule has 1 aromatic carbocycles. The fourth-order valence-electron chi connectivity index (χ4n) is 2.11. The Hall–Kier alpha value is -2.54. The summed E-state index contributed by atoms with van der Waals surface area (Å²) in [5.41, 5.74) is 6.11. The number of ether oxygens (including phenoxy) is 1. The van der Waals surface area contributed by atoms with E-state index in [0.29, 0.717) is 19.7 Å². The van der Waals surface area contributed by atoms with Crippen LogP contribution in [0.15, 0.2) is 39.9 Å². The molecule has 118 valence electrons. The Morgan fingerprint density at radius 1 is 1.27 bits per heavy atom. The standard InChI is InChI=1S/C15H20N4O3/c1-22-9-5-8-17-12-13(16)19(15(21)18-14(12)20)10-11-6-3-2-4-7-11/h2-4,6-7,17H,5,8-10,16H2,1H3,(H,18,20,21). The Bertz CT molecular complexity index is 722. The van der Waals surface area contributed by atoms with E-state index in [1.54, 1.807) is 7.11 Å². The maximum absolute atomic E-state index is 12.0. The number of nitrogens with zero attached hydrogens (tertiary/aromatic N) is 1. The highest BCUT2D eigenvalue weighted by Gasteiger charge is 2.12. The highest BCUT2D eigenvalue weighted by atomic mass is 16.5. The van der Waals surface area contributed by atoms with E-state index in [1.807, 2.05) is 30.3 Å². The molecule has 2 aromatic rings. The zero-order chi connectivity index (χ0) is 15.9. The first-order chi connectivity index (χ1) is 10.6. The summed E-state index contributed by atoms with van der Waals surface area (Å²) >= 11 is 0. The Kier molecular flexibility index (Phi) is 5.37. The fourth-order valence-corrected chi connectivity index (χ4v) is 2.11. The van der Waals surface area contributed by atoms with E-state index in [4.69, 9.17) is 10.5 Å². The van der Waals surface area contributed by atoms with Gasteiger partial charge in [0, 0.05) is 20.3 Å². The number of nitrogen functional groups attached to an aromatic ring is 1. The van der Waals surface area contributed by atoms with Crippen molar-refractivity contribution in [3.63, 3.8) is 0 Å². The van der Waals surface area contributed by atoms with Gasteiger partial charge in [0.2, 0.25) is 0 Å². The van der Waals surface area contributed by atoms with E-state index in [0.717, 1.165) is 12.0 Å². The van der Waals surface area contributed by atoms with E-state index >= 15 is 0 Å². The zero-order valence-corrected chi connectivity index (χ0v) is 12.5. The molecular weight excluding hydrogens is 284 g/mol. The molecule has 22 heavy (non-hydrogen) atoms. The smallest absolute Gasteiger partial charge is 0.330 e. The van der Waals surface area contributed by atoms with E-state index in [-0.39, 0.29) is 11.5 Å². The van der Waals surface area contributed by atoms with Gasteiger partial charge in [-0.3, -0.25) is 14.3 Å². The number of benzene rings is 1. The van der Waals surface area contributed by atoms with Crippen LogP contribution < -0.4 is 22.3 Å². The minimum absolute atomic E-state index is 0.134. The molecule has 1 heterocycles. The monoisotopic (exact) mass is 304 g/mol. The number of nitrogens with two attached hydrogens (primary N) is 1. The van der Waals surface area contributed by atoms with Crippen LogP contribution in [0.5, 0.6) is 0 Å². The number of aromatic amines is 1. The molecule has 0 unspecified atom stereocenters. The maximum atomic E-state index is 12.0. The molecule has 2 rings (SSSR count). The number of methoxy groups -OCH3 is 1. The topological polar surface area (TPSA) is 102 Å². The summed E-state index contributed by atoms with van der Waals surface area (Å²) in [6.45, 7) is 1.41. The van der Waals surface area contributed by atoms with Gasteiger partial charge in [0.15, 0.2) is 0 Å². The highest BCUT2D eigenvalue weighted by molar-refractivity contribution is 5.60. The third kappa shape index (κ3) is 3.76. The van der Waals surface area contributed by atoms with Gasteiger partial charge in [-0.05, 0) is 12.0 Å². The first-order valence-corrected chi connectivity index (χ1v) is 7.03. The predicted octanol–water partition coefficient (Wildman–Crippen LogP) is 0.615. The average Bonchev–Trinajstić information content (AvgIpc) is 2.51. The number of aromatic nitrogens is 2. The number of nitrogens with one attached hydrogen (secondary N) is 2. The molecule has 7 nitrogen and oxygen atoms in total. The van der Waals surface area contributed by atoms with Crippen LogP contribution in [0.1, 0.15) is 12.0 Å². The predicted molar refractivity (Wildman–Crippen MR) is 86.3 cm³/mol. The minimum atomic E-state index is -0.520. The van der Waals surface area contributed by atoms with E-state index in [1.165, 1.54) is 4.57 Å². The Labute approximate surface area is 127 Å². The van der Waals surface area contributed by atoms with Crippen LogP contribution >= 0.6 is 0 Å². The van der Waals surface area contributed by atoms with Crippen LogP contribution in [0.3, 0.4) is 0 Å². The van der Waals surface area contributed by atoms with Gasteiger partial charge in [0.1, 0.15) is 11.5 Å². The molecule has 0 saturated carbocycles. The van der Waals surface area contributed by atoms with Crippen LogP contribution in [0.2, 0.25) is 0 Å². The third-order valence-corrected chi connectivity index (χ3v) is 3.25. The summed E-state index contributed by atoms with van der Waals surface area (Å²) in [5.74, 6) is 0.134. The van der Waals surface area contributed by atoms with Crippen LogP contribution in [-0.2, 0) is 11.3 Å². The van der Waals surface area contributed by atoms with Gasteiger partial charge in [-0.15, -0.1) is 0 Å². The second-order valence-corrected chi connectivity index (χ2v) is 4.86. The number of rotatable bonds is 7. The first kappa shape index (κ1) is 15.8. The van der Waals surface area contributed by atoms with Gasteiger partial charge >= 0.3 is 5.69 Å². The van der Waals surface area contributed by atoms with Gasteiger partial charge < -0.3 is 15.8 Å². The molecular formula is C15H20N4O3. The molecule has 1 aromatic heterocycles. The van der Waals surface area contributed by atoms with Crippen LogP contribution in [0.25, 0.3) is 0 Å². The second-order valence-electron chi connectivity index (χ2n) is 4.86. The van der Waals surface area contributed by atoms with Crippen molar-refractivity contribution in [3.8, 4) is 0 Å². The molecule has 0 saturated heterocycles. The van der Waals surface area contributed by atoms with Crippen LogP contribution in [-0.4, -0.2) is 29.8 Å². The lowest BCUT2D eigenvalue weighted by molar-refractivity contribution is 0.198. The SMILES string of the molecule is COCCCNc1c(N)n(Cc2ccccc2)c(=O)[nH]c1=O. The lowest BCUT2D eigenvalue weighted by Crippen LogP contribution is -2.34.